The van der Waals surface area contributed by atoms with Gasteiger partial charge in [-0.1, -0.05) is 15.9 Å². The highest BCUT2D eigenvalue weighted by molar-refractivity contribution is 9.10. The molecule has 0 spiro atoms. The van der Waals surface area contributed by atoms with Crippen LogP contribution in [-0.2, 0) is 10.0 Å². The topological polar surface area (TPSA) is 70.0 Å². The summed E-state index contributed by atoms with van der Waals surface area (Å²) in [6.45, 7) is 0.336. The lowest BCUT2D eigenvalue weighted by atomic mass is 10.2. The SMILES string of the molecule is N#Cc1ccc(S(=O)(=O)NCCSc2ccc(Br)cc2)cc1. The predicted octanol–water partition coefficient (Wildman–Crippen LogP) is 3.39. The Morgan fingerprint density at radius 2 is 1.73 bits per heavy atom. The highest BCUT2D eigenvalue weighted by Gasteiger charge is 2.12. The molecule has 0 saturated carbocycles. The molecule has 7 heteroatoms. The molecule has 0 saturated heterocycles. The van der Waals surface area contributed by atoms with Crippen LogP contribution >= 0.6 is 27.7 Å². The molecule has 0 radical (unpaired) electrons. The molecule has 0 unspecified atom stereocenters. The number of thioether (sulfide) groups is 1. The summed E-state index contributed by atoms with van der Waals surface area (Å²) in [5.41, 5.74) is 0.435. The van der Waals surface area contributed by atoms with Gasteiger partial charge in [0.25, 0.3) is 0 Å². The molecule has 0 aliphatic heterocycles. The van der Waals surface area contributed by atoms with E-state index in [0.717, 1.165) is 9.37 Å². The van der Waals surface area contributed by atoms with Crippen LogP contribution in [0.2, 0.25) is 0 Å². The molecule has 4 nitrogen and oxygen atoms in total. The maximum Gasteiger partial charge on any atom is 0.240 e. The molecular weight excluding hydrogens is 384 g/mol. The molecule has 0 heterocycles. The monoisotopic (exact) mass is 396 g/mol. The van der Waals surface area contributed by atoms with Gasteiger partial charge in [0.2, 0.25) is 10.0 Å². The van der Waals surface area contributed by atoms with Crippen molar-refractivity contribution in [1.82, 2.24) is 4.72 Å². The highest BCUT2D eigenvalue weighted by Crippen LogP contribution is 2.20. The van der Waals surface area contributed by atoms with Gasteiger partial charge in [0, 0.05) is 21.7 Å². The number of nitriles is 1. The highest BCUT2D eigenvalue weighted by atomic mass is 79.9. The van der Waals surface area contributed by atoms with Gasteiger partial charge in [-0.25, -0.2) is 13.1 Å². The molecule has 0 aliphatic carbocycles. The second-order valence-electron chi connectivity index (χ2n) is 4.34. The van der Waals surface area contributed by atoms with Gasteiger partial charge >= 0.3 is 0 Å². The minimum absolute atomic E-state index is 0.167. The maximum atomic E-state index is 12.1. The number of rotatable bonds is 6. The summed E-state index contributed by atoms with van der Waals surface area (Å²) in [7, 11) is -3.53. The summed E-state index contributed by atoms with van der Waals surface area (Å²) >= 11 is 4.95. The Bertz CT molecular complexity index is 767. The molecule has 0 atom stereocenters. The number of halogens is 1. The lowest BCUT2D eigenvalue weighted by molar-refractivity contribution is 0.584. The van der Waals surface area contributed by atoms with Crippen molar-refractivity contribution in [1.29, 1.82) is 5.26 Å². The third-order valence-electron chi connectivity index (χ3n) is 2.77. The molecule has 1 N–H and O–H groups in total. The molecule has 2 rings (SSSR count). The fourth-order valence-corrected chi connectivity index (χ4v) is 3.86. The van der Waals surface area contributed by atoms with Gasteiger partial charge in [-0.15, -0.1) is 11.8 Å². The zero-order chi connectivity index (χ0) is 16.0. The first-order valence-corrected chi connectivity index (χ1v) is 9.66. The van der Waals surface area contributed by atoms with Crippen LogP contribution in [0.4, 0.5) is 0 Å². The van der Waals surface area contributed by atoms with Gasteiger partial charge in [0.1, 0.15) is 0 Å². The molecule has 0 aliphatic rings. The summed E-state index contributed by atoms with van der Waals surface area (Å²) in [5, 5.41) is 8.71. The minimum Gasteiger partial charge on any atom is -0.210 e. The van der Waals surface area contributed by atoms with E-state index in [1.165, 1.54) is 24.3 Å². The number of benzene rings is 2. The Morgan fingerprint density at radius 3 is 2.32 bits per heavy atom. The van der Waals surface area contributed by atoms with Crippen LogP contribution < -0.4 is 4.72 Å². The second-order valence-corrected chi connectivity index (χ2v) is 8.19. The van der Waals surface area contributed by atoms with E-state index in [0.29, 0.717) is 17.9 Å². The second kappa shape index (κ2) is 7.79. The van der Waals surface area contributed by atoms with Crippen molar-refractivity contribution in [2.24, 2.45) is 0 Å². The fraction of sp³-hybridized carbons (Fsp3) is 0.133. The molecule has 22 heavy (non-hydrogen) atoms. The van der Waals surface area contributed by atoms with Crippen molar-refractivity contribution in [2.45, 2.75) is 9.79 Å². The molecule has 2 aromatic rings. The van der Waals surface area contributed by atoms with E-state index in [1.54, 1.807) is 11.8 Å². The third-order valence-corrected chi connectivity index (χ3v) is 5.79. The quantitative estimate of drug-likeness (QED) is 0.599. The van der Waals surface area contributed by atoms with Gasteiger partial charge < -0.3 is 0 Å². The van der Waals surface area contributed by atoms with Crippen molar-refractivity contribution < 1.29 is 8.42 Å². The number of nitrogens with one attached hydrogen (secondary N) is 1. The first-order chi connectivity index (χ1) is 10.5. The molecule has 0 aromatic heterocycles. The van der Waals surface area contributed by atoms with Gasteiger partial charge in [0.15, 0.2) is 0 Å². The number of nitrogens with zero attached hydrogens (tertiary/aromatic N) is 1. The third kappa shape index (κ3) is 4.85. The number of hydrogen-bond acceptors (Lipinski definition) is 4. The van der Waals surface area contributed by atoms with E-state index < -0.39 is 10.0 Å². The van der Waals surface area contributed by atoms with Gasteiger partial charge in [-0.3, -0.25) is 0 Å². The summed E-state index contributed by atoms with van der Waals surface area (Å²) in [6, 6.07) is 15.7. The maximum absolute atomic E-state index is 12.1. The van der Waals surface area contributed by atoms with E-state index in [2.05, 4.69) is 20.7 Å². The van der Waals surface area contributed by atoms with Crippen LogP contribution in [0.15, 0.2) is 62.8 Å². The molecule has 0 fully saturated rings. The van der Waals surface area contributed by atoms with E-state index in [9.17, 15) is 8.42 Å². The Balaban J connectivity index is 1.87. The normalized spacial score (nSPS) is 11.1. The van der Waals surface area contributed by atoms with Crippen LogP contribution in [0, 0.1) is 11.3 Å². The van der Waals surface area contributed by atoms with E-state index in [1.807, 2.05) is 30.3 Å². The smallest absolute Gasteiger partial charge is 0.210 e. The van der Waals surface area contributed by atoms with Gasteiger partial charge in [-0.05, 0) is 48.5 Å². The zero-order valence-electron chi connectivity index (χ0n) is 11.5. The van der Waals surface area contributed by atoms with Crippen LogP contribution in [0.1, 0.15) is 5.56 Å². The standard InChI is InChI=1S/C15H13BrN2O2S2/c16-13-3-5-14(6-4-13)21-10-9-18-22(19,20)15-7-1-12(11-17)2-8-15/h1-8,18H,9-10H2. The predicted molar refractivity (Wildman–Crippen MR) is 91.2 cm³/mol. The van der Waals surface area contributed by atoms with Crippen molar-refractivity contribution in [3.63, 3.8) is 0 Å². The lowest BCUT2D eigenvalue weighted by Crippen LogP contribution is -2.26. The van der Waals surface area contributed by atoms with Gasteiger partial charge in [0.05, 0.1) is 16.5 Å². The Labute approximate surface area is 142 Å². The Kier molecular flexibility index (Phi) is 6.03. The Morgan fingerprint density at radius 1 is 1.09 bits per heavy atom. The zero-order valence-corrected chi connectivity index (χ0v) is 14.7. The van der Waals surface area contributed by atoms with E-state index in [4.69, 9.17) is 5.26 Å². The molecule has 114 valence electrons. The van der Waals surface area contributed by atoms with Crippen LogP contribution in [0.5, 0.6) is 0 Å². The van der Waals surface area contributed by atoms with Crippen LogP contribution in [0.3, 0.4) is 0 Å². The van der Waals surface area contributed by atoms with Crippen molar-refractivity contribution in [3.8, 4) is 6.07 Å². The fourth-order valence-electron chi connectivity index (χ4n) is 1.67. The summed E-state index contributed by atoms with van der Waals surface area (Å²) in [4.78, 5) is 1.25. The van der Waals surface area contributed by atoms with E-state index >= 15 is 0 Å². The van der Waals surface area contributed by atoms with Crippen molar-refractivity contribution >= 4 is 37.7 Å². The first-order valence-electron chi connectivity index (χ1n) is 6.39. The van der Waals surface area contributed by atoms with Crippen molar-refractivity contribution in [2.75, 3.05) is 12.3 Å². The van der Waals surface area contributed by atoms with Gasteiger partial charge in [-0.2, -0.15) is 5.26 Å². The van der Waals surface area contributed by atoms with Crippen LogP contribution in [0.25, 0.3) is 0 Å². The summed E-state index contributed by atoms with van der Waals surface area (Å²) in [6.07, 6.45) is 0. The molecule has 0 amide bonds. The number of hydrogen-bond donors (Lipinski definition) is 1. The largest absolute Gasteiger partial charge is 0.240 e. The Hall–Kier alpha value is -1.33. The lowest BCUT2D eigenvalue weighted by Gasteiger charge is -2.07. The summed E-state index contributed by atoms with van der Waals surface area (Å²) in [5.74, 6) is 0.636. The average molecular weight is 397 g/mol. The molecule has 0 bridgehead atoms. The first kappa shape index (κ1) is 17.0. The molecule has 2 aromatic carbocycles. The summed E-state index contributed by atoms with van der Waals surface area (Å²) < 4.78 is 27.7. The molecular formula is C15H13BrN2O2S2. The average Bonchev–Trinajstić information content (AvgIpc) is 2.53. The van der Waals surface area contributed by atoms with Crippen molar-refractivity contribution in [3.05, 3.63) is 58.6 Å². The van der Waals surface area contributed by atoms with E-state index in [-0.39, 0.29) is 4.90 Å². The van der Waals surface area contributed by atoms with Crippen LogP contribution in [-0.4, -0.2) is 20.7 Å². The minimum atomic E-state index is -3.53. The number of sulfonamides is 1.